The molecule has 0 amide bonds. The lowest BCUT2D eigenvalue weighted by atomic mass is 9.99. The molecule has 0 radical (unpaired) electrons. The Bertz CT molecular complexity index is 448. The molecule has 1 saturated heterocycles. The van der Waals surface area contributed by atoms with Gasteiger partial charge in [0.15, 0.2) is 0 Å². The van der Waals surface area contributed by atoms with Crippen LogP contribution in [0.5, 0.6) is 0 Å². The van der Waals surface area contributed by atoms with E-state index >= 15 is 0 Å². The Kier molecular flexibility index (Phi) is 3.50. The molecular weight excluding hydrogens is 230 g/mol. The Hall–Kier alpha value is -1.65. The molecule has 98 valence electrons. The van der Waals surface area contributed by atoms with Crippen LogP contribution in [0, 0.1) is 11.8 Å². The van der Waals surface area contributed by atoms with Crippen molar-refractivity contribution in [2.24, 2.45) is 11.8 Å². The summed E-state index contributed by atoms with van der Waals surface area (Å²) in [5.74, 6) is 0.317. The fourth-order valence-electron chi connectivity index (χ4n) is 2.33. The van der Waals surface area contributed by atoms with E-state index in [9.17, 15) is 4.79 Å². The van der Waals surface area contributed by atoms with Crippen LogP contribution in [0.3, 0.4) is 0 Å². The van der Waals surface area contributed by atoms with Crippen LogP contribution < -0.4 is 4.90 Å². The summed E-state index contributed by atoms with van der Waals surface area (Å²) in [5, 5.41) is 9.13. The summed E-state index contributed by atoms with van der Waals surface area (Å²) in [6.45, 7) is 7.41. The van der Waals surface area contributed by atoms with E-state index in [4.69, 9.17) is 5.11 Å². The number of anilines is 1. The third-order valence-electron chi connectivity index (χ3n) is 3.52. The van der Waals surface area contributed by atoms with Gasteiger partial charge in [0.25, 0.3) is 0 Å². The molecule has 0 bridgehead atoms. The number of carboxylic acids is 1. The van der Waals surface area contributed by atoms with Crippen molar-refractivity contribution < 1.29 is 9.90 Å². The van der Waals surface area contributed by atoms with Crippen LogP contribution in [0.2, 0.25) is 0 Å². The fraction of sp³-hybridized carbons (Fsp3) is 0.615. The second-order valence-corrected chi connectivity index (χ2v) is 5.28. The molecule has 1 fully saturated rings. The number of hydrogen-bond donors (Lipinski definition) is 1. The van der Waals surface area contributed by atoms with Crippen LogP contribution >= 0.6 is 0 Å². The Morgan fingerprint density at radius 1 is 1.44 bits per heavy atom. The third-order valence-corrected chi connectivity index (χ3v) is 3.52. The van der Waals surface area contributed by atoms with Gasteiger partial charge in [-0.25, -0.2) is 9.97 Å². The van der Waals surface area contributed by atoms with Gasteiger partial charge in [-0.05, 0) is 11.8 Å². The third kappa shape index (κ3) is 2.44. The predicted octanol–water partition coefficient (Wildman–Crippen LogP) is 1.76. The number of carboxylic acid groups (broad SMARTS) is 1. The second kappa shape index (κ2) is 4.92. The zero-order valence-corrected chi connectivity index (χ0v) is 11.0. The molecule has 2 unspecified atom stereocenters. The topological polar surface area (TPSA) is 66.3 Å². The van der Waals surface area contributed by atoms with Gasteiger partial charge in [0, 0.05) is 24.8 Å². The summed E-state index contributed by atoms with van der Waals surface area (Å²) in [4.78, 5) is 21.6. The highest BCUT2D eigenvalue weighted by Crippen LogP contribution is 2.27. The van der Waals surface area contributed by atoms with Crippen LogP contribution in [0.25, 0.3) is 0 Å². The van der Waals surface area contributed by atoms with Gasteiger partial charge in [0.1, 0.15) is 12.1 Å². The van der Waals surface area contributed by atoms with Crippen molar-refractivity contribution in [2.75, 3.05) is 18.0 Å². The SMILES string of the molecule is CC(C)c1cc(N2CC(C)C(C(=O)O)C2)ncn1. The van der Waals surface area contributed by atoms with E-state index in [1.165, 1.54) is 0 Å². The van der Waals surface area contributed by atoms with Gasteiger partial charge < -0.3 is 10.0 Å². The molecule has 1 aromatic rings. The zero-order valence-electron chi connectivity index (χ0n) is 11.0. The first-order valence-corrected chi connectivity index (χ1v) is 6.28. The minimum atomic E-state index is -0.719. The van der Waals surface area contributed by atoms with E-state index in [0.717, 1.165) is 18.1 Å². The van der Waals surface area contributed by atoms with Crippen molar-refractivity contribution in [3.63, 3.8) is 0 Å². The maximum absolute atomic E-state index is 11.1. The highest BCUT2D eigenvalue weighted by Gasteiger charge is 2.35. The first-order valence-electron chi connectivity index (χ1n) is 6.28. The fourth-order valence-corrected chi connectivity index (χ4v) is 2.33. The quantitative estimate of drug-likeness (QED) is 0.884. The normalized spacial score (nSPS) is 23.7. The molecule has 2 rings (SSSR count). The average molecular weight is 249 g/mol. The van der Waals surface area contributed by atoms with E-state index in [-0.39, 0.29) is 11.8 Å². The van der Waals surface area contributed by atoms with Crippen molar-refractivity contribution in [1.29, 1.82) is 0 Å². The second-order valence-electron chi connectivity index (χ2n) is 5.28. The van der Waals surface area contributed by atoms with Gasteiger partial charge in [-0.3, -0.25) is 4.79 Å². The molecule has 0 saturated carbocycles. The standard InChI is InChI=1S/C13H19N3O2/c1-8(2)11-4-12(15-7-14-11)16-5-9(3)10(6-16)13(17)18/h4,7-10H,5-6H2,1-3H3,(H,17,18). The van der Waals surface area contributed by atoms with Gasteiger partial charge in [-0.2, -0.15) is 0 Å². The number of carbonyl (C=O) groups is 1. The van der Waals surface area contributed by atoms with Crippen LogP contribution in [0.15, 0.2) is 12.4 Å². The van der Waals surface area contributed by atoms with Crippen molar-refractivity contribution in [3.05, 3.63) is 18.1 Å². The predicted molar refractivity (Wildman–Crippen MR) is 68.6 cm³/mol. The Labute approximate surface area is 107 Å². The number of rotatable bonds is 3. The van der Waals surface area contributed by atoms with Crippen molar-refractivity contribution in [2.45, 2.75) is 26.7 Å². The molecule has 0 aromatic carbocycles. The smallest absolute Gasteiger partial charge is 0.308 e. The van der Waals surface area contributed by atoms with Crippen LogP contribution in [-0.2, 0) is 4.79 Å². The summed E-state index contributed by atoms with van der Waals surface area (Å²) >= 11 is 0. The first kappa shape index (κ1) is 12.8. The van der Waals surface area contributed by atoms with E-state index in [1.807, 2.05) is 17.9 Å². The summed E-state index contributed by atoms with van der Waals surface area (Å²) < 4.78 is 0. The lowest BCUT2D eigenvalue weighted by Gasteiger charge is -2.17. The highest BCUT2D eigenvalue weighted by molar-refractivity contribution is 5.72. The molecule has 18 heavy (non-hydrogen) atoms. The molecular formula is C13H19N3O2. The summed E-state index contributed by atoms with van der Waals surface area (Å²) in [6, 6.07) is 1.96. The molecule has 2 heterocycles. The van der Waals surface area contributed by atoms with Crippen molar-refractivity contribution >= 4 is 11.8 Å². The zero-order chi connectivity index (χ0) is 13.3. The largest absolute Gasteiger partial charge is 0.481 e. The minimum absolute atomic E-state index is 0.153. The number of nitrogens with zero attached hydrogens (tertiary/aromatic N) is 3. The molecule has 1 aliphatic heterocycles. The monoisotopic (exact) mass is 249 g/mol. The molecule has 1 aliphatic rings. The Morgan fingerprint density at radius 3 is 2.72 bits per heavy atom. The maximum Gasteiger partial charge on any atom is 0.308 e. The lowest BCUT2D eigenvalue weighted by Crippen LogP contribution is -2.24. The van der Waals surface area contributed by atoms with Gasteiger partial charge in [0.05, 0.1) is 5.92 Å². The van der Waals surface area contributed by atoms with Crippen LogP contribution in [0.4, 0.5) is 5.82 Å². The van der Waals surface area contributed by atoms with E-state index in [0.29, 0.717) is 12.5 Å². The van der Waals surface area contributed by atoms with Gasteiger partial charge >= 0.3 is 5.97 Å². The van der Waals surface area contributed by atoms with Gasteiger partial charge in [0.2, 0.25) is 0 Å². The average Bonchev–Trinajstić information content (AvgIpc) is 2.71. The summed E-state index contributed by atoms with van der Waals surface area (Å²) in [7, 11) is 0. The van der Waals surface area contributed by atoms with Crippen molar-refractivity contribution in [1.82, 2.24) is 9.97 Å². The van der Waals surface area contributed by atoms with Crippen LogP contribution in [0.1, 0.15) is 32.4 Å². The highest BCUT2D eigenvalue weighted by atomic mass is 16.4. The lowest BCUT2D eigenvalue weighted by molar-refractivity contribution is -0.142. The Balaban J connectivity index is 2.18. The van der Waals surface area contributed by atoms with Crippen molar-refractivity contribution in [3.8, 4) is 0 Å². The molecule has 1 N–H and O–H groups in total. The first-order chi connectivity index (χ1) is 8.49. The minimum Gasteiger partial charge on any atom is -0.481 e. The number of aliphatic carboxylic acids is 1. The van der Waals surface area contributed by atoms with Gasteiger partial charge in [-0.1, -0.05) is 20.8 Å². The summed E-state index contributed by atoms with van der Waals surface area (Å²) in [6.07, 6.45) is 1.56. The Morgan fingerprint density at radius 2 is 2.17 bits per heavy atom. The molecule has 5 nitrogen and oxygen atoms in total. The summed E-state index contributed by atoms with van der Waals surface area (Å²) in [5.41, 5.74) is 0.992. The maximum atomic E-state index is 11.1. The van der Waals surface area contributed by atoms with E-state index in [1.54, 1.807) is 6.33 Å². The molecule has 1 aromatic heterocycles. The molecule has 0 spiro atoms. The molecule has 5 heteroatoms. The molecule has 2 atom stereocenters. The van der Waals surface area contributed by atoms with E-state index in [2.05, 4.69) is 23.8 Å². The van der Waals surface area contributed by atoms with E-state index < -0.39 is 5.97 Å². The molecule has 0 aliphatic carbocycles. The number of aromatic nitrogens is 2. The van der Waals surface area contributed by atoms with Crippen LogP contribution in [-0.4, -0.2) is 34.1 Å². The van der Waals surface area contributed by atoms with Gasteiger partial charge in [-0.15, -0.1) is 0 Å². The number of hydrogen-bond acceptors (Lipinski definition) is 4.